The first-order chi connectivity index (χ1) is 26.1. The third-order valence-electron chi connectivity index (χ3n) is 11.0. The van der Waals surface area contributed by atoms with Gasteiger partial charge in [-0.3, -0.25) is 14.5 Å². The van der Waals surface area contributed by atoms with Crippen molar-refractivity contribution in [3.63, 3.8) is 0 Å². The van der Waals surface area contributed by atoms with Gasteiger partial charge in [0.1, 0.15) is 5.82 Å². The van der Waals surface area contributed by atoms with Gasteiger partial charge >= 0.3 is 0 Å². The van der Waals surface area contributed by atoms with Gasteiger partial charge in [0.2, 0.25) is 0 Å². The minimum Gasteiger partial charge on any atom is -0.295 e. The van der Waals surface area contributed by atoms with Crippen LogP contribution in [-0.2, 0) is 5.41 Å². The molecule has 0 amide bonds. The van der Waals surface area contributed by atoms with Crippen molar-refractivity contribution < 1.29 is 9.59 Å². The molecule has 11 rings (SSSR count). The Balaban J connectivity index is 1.13. The van der Waals surface area contributed by atoms with Crippen molar-refractivity contribution in [1.82, 2.24) is 4.98 Å². The summed E-state index contributed by atoms with van der Waals surface area (Å²) in [5, 5.41) is 1.90. The van der Waals surface area contributed by atoms with Gasteiger partial charge in [-0.1, -0.05) is 109 Å². The van der Waals surface area contributed by atoms with E-state index in [1.807, 2.05) is 54.6 Å². The van der Waals surface area contributed by atoms with E-state index in [4.69, 9.17) is 4.98 Å². The second-order valence-electron chi connectivity index (χ2n) is 13.8. The van der Waals surface area contributed by atoms with Crippen molar-refractivity contribution in [1.29, 1.82) is 0 Å². The molecule has 0 saturated heterocycles. The zero-order chi connectivity index (χ0) is 35.3. The van der Waals surface area contributed by atoms with Gasteiger partial charge in [0.15, 0.2) is 11.6 Å². The highest BCUT2D eigenvalue weighted by Gasteiger charge is 2.54. The number of thiophene rings is 1. The standard InChI is InChI=1S/C48H28N2O2S/c51-44-37-25-29-13-7-8-14-30(29)26-38(37)45(52)39(44)27-33-28-42-46(53-33)36-23-24-43(50(31-15-3-1-4-16-31)32-17-5-2-6-18-32)49-47(36)48(42)40-21-11-9-19-34(40)35-20-10-12-22-41(35)48/h1-28H. The Morgan fingerprint density at radius 2 is 1.04 bits per heavy atom. The lowest BCUT2D eigenvalue weighted by Gasteiger charge is -2.30. The van der Waals surface area contributed by atoms with Gasteiger partial charge in [-0.05, 0) is 99.3 Å². The zero-order valence-electron chi connectivity index (χ0n) is 28.3. The van der Waals surface area contributed by atoms with Gasteiger partial charge in [-0.2, -0.15) is 0 Å². The number of benzene rings is 6. The molecule has 2 aromatic heterocycles. The summed E-state index contributed by atoms with van der Waals surface area (Å²) in [5.74, 6) is 0.389. The third kappa shape index (κ3) is 4.14. The number of aromatic nitrogens is 1. The molecule has 8 aromatic rings. The smallest absolute Gasteiger partial charge is 0.197 e. The number of Topliss-reactive ketones (excluding diaryl/α,β-unsaturated/α-hetero) is 2. The van der Waals surface area contributed by atoms with Crippen LogP contribution in [0.5, 0.6) is 0 Å². The molecule has 3 aliphatic carbocycles. The number of fused-ring (bicyclic) bond motifs is 12. The molecule has 2 heterocycles. The van der Waals surface area contributed by atoms with E-state index >= 15 is 0 Å². The second-order valence-corrected chi connectivity index (χ2v) is 14.8. The molecule has 53 heavy (non-hydrogen) atoms. The fourth-order valence-electron chi connectivity index (χ4n) is 8.76. The molecule has 0 unspecified atom stereocenters. The molecule has 0 saturated carbocycles. The largest absolute Gasteiger partial charge is 0.295 e. The minimum absolute atomic E-state index is 0.214. The molecule has 0 aliphatic heterocycles. The number of rotatable bonds is 4. The van der Waals surface area contributed by atoms with E-state index in [0.717, 1.165) is 54.5 Å². The highest BCUT2D eigenvalue weighted by atomic mass is 32.1. The topological polar surface area (TPSA) is 50.3 Å². The molecule has 0 radical (unpaired) electrons. The van der Waals surface area contributed by atoms with Crippen molar-refractivity contribution >= 4 is 56.9 Å². The van der Waals surface area contributed by atoms with Crippen LogP contribution in [0.3, 0.4) is 0 Å². The Morgan fingerprint density at radius 1 is 0.509 bits per heavy atom. The first kappa shape index (κ1) is 30.0. The maximum absolute atomic E-state index is 13.8. The average Bonchev–Trinajstić information content (AvgIpc) is 3.90. The van der Waals surface area contributed by atoms with E-state index in [-0.39, 0.29) is 17.1 Å². The van der Waals surface area contributed by atoms with Crippen LogP contribution in [0.2, 0.25) is 0 Å². The Bertz CT molecular complexity index is 2750. The maximum Gasteiger partial charge on any atom is 0.197 e. The molecule has 0 N–H and O–H groups in total. The molecular weight excluding hydrogens is 669 g/mol. The number of carbonyl (C=O) groups is 2. The van der Waals surface area contributed by atoms with Crippen LogP contribution in [-0.4, -0.2) is 16.6 Å². The van der Waals surface area contributed by atoms with E-state index in [1.165, 1.54) is 22.3 Å². The summed E-state index contributed by atoms with van der Waals surface area (Å²) in [6.07, 6.45) is 1.81. The lowest BCUT2D eigenvalue weighted by atomic mass is 9.73. The van der Waals surface area contributed by atoms with Crippen LogP contribution in [0, 0.1) is 0 Å². The van der Waals surface area contributed by atoms with Gasteiger partial charge in [0.25, 0.3) is 0 Å². The molecule has 6 aromatic carbocycles. The van der Waals surface area contributed by atoms with Crippen LogP contribution in [0.15, 0.2) is 169 Å². The first-order valence-corrected chi connectivity index (χ1v) is 18.5. The van der Waals surface area contributed by atoms with Crippen molar-refractivity contribution in [3.05, 3.63) is 208 Å². The number of carbonyl (C=O) groups excluding carboxylic acids is 2. The van der Waals surface area contributed by atoms with E-state index in [0.29, 0.717) is 11.1 Å². The number of nitrogens with zero attached hydrogens (tertiary/aromatic N) is 2. The van der Waals surface area contributed by atoms with Crippen molar-refractivity contribution in [2.75, 3.05) is 4.90 Å². The lowest BCUT2D eigenvalue weighted by Crippen LogP contribution is -2.27. The summed E-state index contributed by atoms with van der Waals surface area (Å²) in [7, 11) is 0. The second kappa shape index (κ2) is 11.2. The molecule has 4 nitrogen and oxygen atoms in total. The Labute approximate surface area is 310 Å². The highest BCUT2D eigenvalue weighted by molar-refractivity contribution is 7.16. The Morgan fingerprint density at radius 3 is 1.62 bits per heavy atom. The van der Waals surface area contributed by atoms with Crippen LogP contribution in [0.25, 0.3) is 38.4 Å². The quantitative estimate of drug-likeness (QED) is 0.136. The van der Waals surface area contributed by atoms with Gasteiger partial charge in [0, 0.05) is 37.8 Å². The van der Waals surface area contributed by atoms with E-state index in [1.54, 1.807) is 11.3 Å². The maximum atomic E-state index is 13.8. The SMILES string of the molecule is O=C1C(=Cc2cc3c(s2)-c2ccc(N(c4ccccc4)c4ccccc4)nc2C32c3ccccc3-c3ccccc32)C(=O)c2cc3ccccc3cc21. The molecular formula is C48H28N2O2S. The molecule has 1 spiro atoms. The van der Waals surface area contributed by atoms with Crippen LogP contribution in [0.4, 0.5) is 17.2 Å². The zero-order valence-corrected chi connectivity index (χ0v) is 29.1. The summed E-state index contributed by atoms with van der Waals surface area (Å²) in [4.78, 5) is 37.5. The van der Waals surface area contributed by atoms with E-state index < -0.39 is 5.41 Å². The van der Waals surface area contributed by atoms with Crippen molar-refractivity contribution in [3.8, 4) is 21.6 Å². The number of hydrogen-bond donors (Lipinski definition) is 0. The van der Waals surface area contributed by atoms with Crippen LogP contribution < -0.4 is 4.90 Å². The Kier molecular flexibility index (Phi) is 6.31. The predicted molar refractivity (Wildman–Crippen MR) is 214 cm³/mol. The average molecular weight is 697 g/mol. The van der Waals surface area contributed by atoms with E-state index in [9.17, 15) is 9.59 Å². The fourth-order valence-corrected chi connectivity index (χ4v) is 9.95. The van der Waals surface area contributed by atoms with E-state index in [2.05, 4.69) is 120 Å². The molecule has 5 heteroatoms. The molecule has 248 valence electrons. The summed E-state index contributed by atoms with van der Waals surface area (Å²) in [5.41, 5.74) is 10.4. The summed E-state index contributed by atoms with van der Waals surface area (Å²) < 4.78 is 0. The van der Waals surface area contributed by atoms with Crippen LogP contribution >= 0.6 is 11.3 Å². The van der Waals surface area contributed by atoms with Crippen molar-refractivity contribution in [2.24, 2.45) is 0 Å². The normalized spacial score (nSPS) is 14.2. The number of para-hydroxylation sites is 2. The molecule has 3 aliphatic rings. The van der Waals surface area contributed by atoms with Gasteiger partial charge in [-0.15, -0.1) is 11.3 Å². The minimum atomic E-state index is -0.690. The van der Waals surface area contributed by atoms with Crippen LogP contribution in [0.1, 0.15) is 48.0 Å². The monoisotopic (exact) mass is 696 g/mol. The first-order valence-electron chi connectivity index (χ1n) is 17.7. The van der Waals surface area contributed by atoms with Crippen molar-refractivity contribution in [2.45, 2.75) is 5.41 Å². The summed E-state index contributed by atoms with van der Waals surface area (Å²) in [6.45, 7) is 0. The van der Waals surface area contributed by atoms with Gasteiger partial charge in [-0.25, -0.2) is 4.98 Å². The number of anilines is 3. The molecule has 0 fully saturated rings. The summed E-state index contributed by atoms with van der Waals surface area (Å²) in [6, 6.07) is 56.1. The van der Waals surface area contributed by atoms with Gasteiger partial charge in [0.05, 0.1) is 16.7 Å². The number of ketones is 2. The fraction of sp³-hybridized carbons (Fsp3) is 0.0208. The Hall–Kier alpha value is -6.69. The lowest BCUT2D eigenvalue weighted by molar-refractivity contribution is 0.0990. The predicted octanol–water partition coefficient (Wildman–Crippen LogP) is 11.6. The third-order valence-corrected chi connectivity index (χ3v) is 12.1. The summed E-state index contributed by atoms with van der Waals surface area (Å²) >= 11 is 1.62. The number of allylic oxidation sites excluding steroid dienone is 1. The van der Waals surface area contributed by atoms with Gasteiger partial charge < -0.3 is 0 Å². The highest BCUT2D eigenvalue weighted by Crippen LogP contribution is 2.64. The number of pyridine rings is 1. The molecule has 0 bridgehead atoms. The number of hydrogen-bond acceptors (Lipinski definition) is 5. The molecule has 0 atom stereocenters.